The first-order valence-corrected chi connectivity index (χ1v) is 9.13. The second kappa shape index (κ2) is 7.21. The third kappa shape index (κ3) is 3.98. The lowest BCUT2D eigenvalue weighted by Gasteiger charge is -2.26. The van der Waals surface area contributed by atoms with Gasteiger partial charge in [-0.05, 0) is 17.7 Å². The summed E-state index contributed by atoms with van der Waals surface area (Å²) < 4.78 is 31.6. The van der Waals surface area contributed by atoms with Crippen LogP contribution in [-0.4, -0.2) is 54.9 Å². The second-order valence-corrected chi connectivity index (χ2v) is 7.44. The summed E-state index contributed by atoms with van der Waals surface area (Å²) in [5.41, 5.74) is 0.423. The number of carbonyl (C=O) groups is 1. The topological polar surface area (TPSA) is 124 Å². The van der Waals surface area contributed by atoms with Gasteiger partial charge >= 0.3 is 5.69 Å². The first-order valence-electron chi connectivity index (χ1n) is 7.69. The highest BCUT2D eigenvalue weighted by molar-refractivity contribution is 7.89. The molecule has 0 bridgehead atoms. The molecule has 25 heavy (non-hydrogen) atoms. The Bertz CT molecular complexity index is 895. The van der Waals surface area contributed by atoms with Crippen LogP contribution in [0.25, 0.3) is 0 Å². The number of nitrogens with one attached hydrogen (secondary N) is 3. The van der Waals surface area contributed by atoms with Crippen LogP contribution in [0.4, 0.5) is 0 Å². The highest BCUT2D eigenvalue weighted by Crippen LogP contribution is 2.17. The van der Waals surface area contributed by atoms with Gasteiger partial charge < -0.3 is 20.0 Å². The van der Waals surface area contributed by atoms with Gasteiger partial charge in [0.2, 0.25) is 10.0 Å². The van der Waals surface area contributed by atoms with E-state index in [1.165, 1.54) is 22.6 Å². The lowest BCUT2D eigenvalue weighted by Crippen LogP contribution is -2.40. The average Bonchev–Trinajstić information content (AvgIpc) is 3.07. The number of imidazole rings is 1. The molecule has 9 nitrogen and oxygen atoms in total. The minimum atomic E-state index is -3.53. The number of aromatic nitrogens is 2. The summed E-state index contributed by atoms with van der Waals surface area (Å²) in [4.78, 5) is 27.7. The van der Waals surface area contributed by atoms with Crippen molar-refractivity contribution in [1.82, 2.24) is 19.6 Å². The lowest BCUT2D eigenvalue weighted by atomic mass is 10.2. The van der Waals surface area contributed by atoms with Crippen molar-refractivity contribution < 1.29 is 17.9 Å². The fourth-order valence-corrected chi connectivity index (χ4v) is 3.86. The predicted octanol–water partition coefficient (Wildman–Crippen LogP) is -0.346. The Balaban J connectivity index is 1.64. The van der Waals surface area contributed by atoms with E-state index >= 15 is 0 Å². The van der Waals surface area contributed by atoms with Crippen molar-refractivity contribution in [3.05, 3.63) is 52.2 Å². The number of hydrogen-bond acceptors (Lipinski definition) is 5. The maximum Gasteiger partial charge on any atom is 0.323 e. The number of sulfonamides is 1. The predicted molar refractivity (Wildman–Crippen MR) is 88.6 cm³/mol. The second-order valence-electron chi connectivity index (χ2n) is 5.50. The number of ether oxygens (including phenoxy) is 1. The van der Waals surface area contributed by atoms with E-state index in [0.29, 0.717) is 26.3 Å². The van der Waals surface area contributed by atoms with Crippen LogP contribution in [0.5, 0.6) is 0 Å². The number of morpholine rings is 1. The molecule has 0 unspecified atom stereocenters. The molecule has 1 aromatic heterocycles. The van der Waals surface area contributed by atoms with Gasteiger partial charge in [-0.1, -0.05) is 12.1 Å². The normalized spacial score (nSPS) is 15.8. The third-order valence-corrected chi connectivity index (χ3v) is 5.74. The highest BCUT2D eigenvalue weighted by Gasteiger charge is 2.26. The standard InChI is InChI=1S/C15H18N4O5S/c20-14(13-10-17-15(21)18-13)16-9-11-1-3-12(4-2-11)25(22,23)19-5-7-24-8-6-19/h1-4,10H,5-9H2,(H,16,20)(H2,17,18,21). The van der Waals surface area contributed by atoms with Crippen molar-refractivity contribution in [2.24, 2.45) is 0 Å². The first-order chi connectivity index (χ1) is 12.0. The number of H-pyrrole nitrogens is 2. The summed E-state index contributed by atoms with van der Waals surface area (Å²) >= 11 is 0. The maximum atomic E-state index is 12.5. The molecule has 0 saturated carbocycles. The Morgan fingerprint density at radius 2 is 1.88 bits per heavy atom. The van der Waals surface area contributed by atoms with Crippen molar-refractivity contribution in [2.45, 2.75) is 11.4 Å². The zero-order valence-corrected chi connectivity index (χ0v) is 14.1. The minimum absolute atomic E-state index is 0.136. The Labute approximate surface area is 144 Å². The van der Waals surface area contributed by atoms with E-state index in [9.17, 15) is 18.0 Å². The molecule has 10 heteroatoms. The van der Waals surface area contributed by atoms with E-state index < -0.39 is 21.6 Å². The molecule has 1 aliphatic rings. The van der Waals surface area contributed by atoms with E-state index in [0.717, 1.165) is 5.56 Å². The van der Waals surface area contributed by atoms with Gasteiger partial charge in [0.15, 0.2) is 0 Å². The number of carbonyl (C=O) groups excluding carboxylic acids is 1. The third-order valence-electron chi connectivity index (χ3n) is 3.82. The summed E-state index contributed by atoms with van der Waals surface area (Å²) in [6.45, 7) is 1.68. The molecule has 1 aliphatic heterocycles. The van der Waals surface area contributed by atoms with Gasteiger partial charge in [-0.15, -0.1) is 0 Å². The Morgan fingerprint density at radius 1 is 1.20 bits per heavy atom. The molecule has 1 saturated heterocycles. The monoisotopic (exact) mass is 366 g/mol. The molecule has 1 amide bonds. The van der Waals surface area contributed by atoms with Crippen LogP contribution in [0, 0.1) is 0 Å². The van der Waals surface area contributed by atoms with Crippen molar-refractivity contribution in [3.8, 4) is 0 Å². The number of amides is 1. The number of hydrogen-bond donors (Lipinski definition) is 3. The van der Waals surface area contributed by atoms with E-state index in [-0.39, 0.29) is 17.1 Å². The summed E-state index contributed by atoms with van der Waals surface area (Å²) in [7, 11) is -3.53. The van der Waals surface area contributed by atoms with Crippen LogP contribution in [-0.2, 0) is 21.3 Å². The van der Waals surface area contributed by atoms with E-state index in [4.69, 9.17) is 4.74 Å². The van der Waals surface area contributed by atoms with E-state index in [1.807, 2.05) is 0 Å². The molecule has 1 aromatic carbocycles. The number of aromatic amines is 2. The van der Waals surface area contributed by atoms with Gasteiger partial charge in [0.05, 0.1) is 18.1 Å². The minimum Gasteiger partial charge on any atom is -0.379 e. The van der Waals surface area contributed by atoms with Gasteiger partial charge in [0, 0.05) is 25.8 Å². The quantitative estimate of drug-likeness (QED) is 0.667. The van der Waals surface area contributed by atoms with Crippen molar-refractivity contribution >= 4 is 15.9 Å². The molecule has 0 radical (unpaired) electrons. The van der Waals surface area contributed by atoms with Crippen LogP contribution >= 0.6 is 0 Å². The summed E-state index contributed by atoms with van der Waals surface area (Å²) in [6, 6.07) is 6.33. The van der Waals surface area contributed by atoms with Crippen LogP contribution < -0.4 is 11.0 Å². The van der Waals surface area contributed by atoms with E-state index in [2.05, 4.69) is 15.3 Å². The number of rotatable bonds is 5. The first kappa shape index (κ1) is 17.4. The highest BCUT2D eigenvalue weighted by atomic mass is 32.2. The molecular formula is C15H18N4O5S. The fourth-order valence-electron chi connectivity index (χ4n) is 2.45. The maximum absolute atomic E-state index is 12.5. The number of benzene rings is 1. The SMILES string of the molecule is O=C(NCc1ccc(S(=O)(=O)N2CCOCC2)cc1)c1c[nH]c(=O)[nH]1. The van der Waals surface area contributed by atoms with Gasteiger partial charge in [-0.2, -0.15) is 4.31 Å². The van der Waals surface area contributed by atoms with Crippen molar-refractivity contribution in [1.29, 1.82) is 0 Å². The largest absolute Gasteiger partial charge is 0.379 e. The number of nitrogens with zero attached hydrogens (tertiary/aromatic N) is 1. The van der Waals surface area contributed by atoms with Crippen LogP contribution in [0.1, 0.15) is 16.1 Å². The molecule has 0 aliphatic carbocycles. The average molecular weight is 366 g/mol. The summed E-state index contributed by atoms with van der Waals surface area (Å²) in [5.74, 6) is -0.427. The molecular weight excluding hydrogens is 348 g/mol. The van der Waals surface area contributed by atoms with Gasteiger partial charge in [0.25, 0.3) is 5.91 Å². The molecule has 3 N–H and O–H groups in total. The molecule has 134 valence electrons. The molecule has 0 atom stereocenters. The zero-order chi connectivity index (χ0) is 17.9. The molecule has 2 heterocycles. The Morgan fingerprint density at radius 3 is 2.48 bits per heavy atom. The molecule has 0 spiro atoms. The smallest absolute Gasteiger partial charge is 0.323 e. The molecule has 3 rings (SSSR count). The van der Waals surface area contributed by atoms with Gasteiger partial charge in [0.1, 0.15) is 5.69 Å². The van der Waals surface area contributed by atoms with E-state index in [1.54, 1.807) is 12.1 Å². The van der Waals surface area contributed by atoms with Gasteiger partial charge in [-0.3, -0.25) is 4.79 Å². The van der Waals surface area contributed by atoms with Crippen LogP contribution in [0.2, 0.25) is 0 Å². The van der Waals surface area contributed by atoms with Crippen molar-refractivity contribution in [2.75, 3.05) is 26.3 Å². The summed E-state index contributed by atoms with van der Waals surface area (Å²) in [5, 5.41) is 2.64. The zero-order valence-electron chi connectivity index (χ0n) is 13.3. The summed E-state index contributed by atoms with van der Waals surface area (Å²) in [6.07, 6.45) is 1.29. The molecule has 1 fully saturated rings. The fraction of sp³-hybridized carbons (Fsp3) is 0.333. The van der Waals surface area contributed by atoms with Crippen molar-refractivity contribution in [3.63, 3.8) is 0 Å². The Kier molecular flexibility index (Phi) is 5.02. The van der Waals surface area contributed by atoms with Crippen LogP contribution in [0.15, 0.2) is 40.2 Å². The molecule has 2 aromatic rings. The lowest BCUT2D eigenvalue weighted by molar-refractivity contribution is 0.0730. The van der Waals surface area contributed by atoms with Crippen LogP contribution in [0.3, 0.4) is 0 Å². The van der Waals surface area contributed by atoms with Gasteiger partial charge in [-0.25, -0.2) is 13.2 Å². The Hall–Kier alpha value is -2.43.